The topological polar surface area (TPSA) is 41.5 Å². The average Bonchev–Trinajstić information content (AvgIpc) is 2.70. The van der Waals surface area contributed by atoms with Gasteiger partial charge in [0.05, 0.1) is 7.11 Å². The van der Waals surface area contributed by atoms with Crippen LogP contribution in [0.2, 0.25) is 0 Å². The first kappa shape index (κ1) is 11.3. The van der Waals surface area contributed by atoms with Crippen LogP contribution in [0.3, 0.4) is 0 Å². The van der Waals surface area contributed by atoms with E-state index in [4.69, 9.17) is 4.74 Å². The van der Waals surface area contributed by atoms with Crippen molar-refractivity contribution in [3.63, 3.8) is 0 Å². The molecule has 1 aromatic rings. The molecule has 3 heteroatoms. The van der Waals surface area contributed by atoms with Gasteiger partial charge in [-0.1, -0.05) is 6.07 Å². The van der Waals surface area contributed by atoms with Gasteiger partial charge in [0.15, 0.2) is 11.5 Å². The SMILES string of the molecule is COc1cc(C2(C)CCCN2)cc(C)c1O. The van der Waals surface area contributed by atoms with Gasteiger partial charge in [0.25, 0.3) is 0 Å². The van der Waals surface area contributed by atoms with Gasteiger partial charge in [-0.2, -0.15) is 0 Å². The Morgan fingerprint density at radius 2 is 2.19 bits per heavy atom. The van der Waals surface area contributed by atoms with Crippen molar-refractivity contribution in [2.75, 3.05) is 13.7 Å². The predicted molar refractivity (Wildman–Crippen MR) is 64.0 cm³/mol. The molecule has 0 spiro atoms. The van der Waals surface area contributed by atoms with Crippen LogP contribution in [0.25, 0.3) is 0 Å². The molecule has 1 aliphatic heterocycles. The van der Waals surface area contributed by atoms with Gasteiger partial charge in [-0.25, -0.2) is 0 Å². The second kappa shape index (κ2) is 3.98. The summed E-state index contributed by atoms with van der Waals surface area (Å²) in [6.45, 7) is 5.16. The number of aryl methyl sites for hydroxylation is 1. The van der Waals surface area contributed by atoms with E-state index in [-0.39, 0.29) is 11.3 Å². The zero-order chi connectivity index (χ0) is 11.8. The number of rotatable bonds is 2. The van der Waals surface area contributed by atoms with E-state index in [0.29, 0.717) is 5.75 Å². The first-order valence-corrected chi connectivity index (χ1v) is 5.70. The third-order valence-electron chi connectivity index (χ3n) is 3.49. The van der Waals surface area contributed by atoms with Crippen molar-refractivity contribution in [1.29, 1.82) is 0 Å². The summed E-state index contributed by atoms with van der Waals surface area (Å²) < 4.78 is 5.19. The highest BCUT2D eigenvalue weighted by atomic mass is 16.5. The molecule has 2 N–H and O–H groups in total. The molecule has 0 amide bonds. The Hall–Kier alpha value is -1.22. The van der Waals surface area contributed by atoms with E-state index in [1.165, 1.54) is 12.0 Å². The molecular formula is C13H19NO2. The van der Waals surface area contributed by atoms with Crippen molar-refractivity contribution < 1.29 is 9.84 Å². The number of nitrogens with one attached hydrogen (secondary N) is 1. The smallest absolute Gasteiger partial charge is 0.161 e. The van der Waals surface area contributed by atoms with Gasteiger partial charge in [-0.15, -0.1) is 0 Å². The van der Waals surface area contributed by atoms with Gasteiger partial charge in [0, 0.05) is 5.54 Å². The van der Waals surface area contributed by atoms with E-state index in [1.54, 1.807) is 7.11 Å². The highest BCUT2D eigenvalue weighted by Crippen LogP contribution is 2.37. The molecular weight excluding hydrogens is 202 g/mol. The third kappa shape index (κ3) is 1.76. The van der Waals surface area contributed by atoms with E-state index in [1.807, 2.05) is 19.1 Å². The Morgan fingerprint density at radius 1 is 1.44 bits per heavy atom. The summed E-state index contributed by atoms with van der Waals surface area (Å²) in [7, 11) is 1.59. The molecule has 1 saturated heterocycles. The van der Waals surface area contributed by atoms with E-state index < -0.39 is 0 Å². The number of aromatic hydroxyl groups is 1. The first-order valence-electron chi connectivity index (χ1n) is 5.70. The second-order valence-electron chi connectivity index (χ2n) is 4.71. The van der Waals surface area contributed by atoms with Gasteiger partial charge >= 0.3 is 0 Å². The lowest BCUT2D eigenvalue weighted by Gasteiger charge is -2.26. The lowest BCUT2D eigenvalue weighted by atomic mass is 9.89. The fourth-order valence-corrected chi connectivity index (χ4v) is 2.36. The van der Waals surface area contributed by atoms with Crippen LogP contribution >= 0.6 is 0 Å². The molecule has 2 rings (SSSR count). The van der Waals surface area contributed by atoms with Gasteiger partial charge in [-0.05, 0) is 50.4 Å². The minimum atomic E-state index is 0.0196. The number of hydrogen-bond donors (Lipinski definition) is 2. The van der Waals surface area contributed by atoms with Crippen molar-refractivity contribution >= 4 is 0 Å². The minimum Gasteiger partial charge on any atom is -0.504 e. The van der Waals surface area contributed by atoms with Crippen LogP contribution in [-0.2, 0) is 5.54 Å². The summed E-state index contributed by atoms with van der Waals surface area (Å²) in [5.74, 6) is 0.803. The zero-order valence-electron chi connectivity index (χ0n) is 10.1. The Balaban J connectivity index is 2.45. The number of benzene rings is 1. The highest BCUT2D eigenvalue weighted by molar-refractivity contribution is 5.49. The molecule has 1 heterocycles. The summed E-state index contributed by atoms with van der Waals surface area (Å²) >= 11 is 0. The van der Waals surface area contributed by atoms with E-state index >= 15 is 0 Å². The van der Waals surface area contributed by atoms with Crippen LogP contribution in [0.4, 0.5) is 0 Å². The quantitative estimate of drug-likeness (QED) is 0.805. The van der Waals surface area contributed by atoms with Crippen LogP contribution in [0.15, 0.2) is 12.1 Å². The normalized spacial score (nSPS) is 24.7. The largest absolute Gasteiger partial charge is 0.504 e. The van der Waals surface area contributed by atoms with Crippen molar-refractivity contribution in [3.8, 4) is 11.5 Å². The minimum absolute atomic E-state index is 0.0196. The lowest BCUT2D eigenvalue weighted by Crippen LogP contribution is -2.33. The van der Waals surface area contributed by atoms with Crippen LogP contribution in [-0.4, -0.2) is 18.8 Å². The summed E-state index contributed by atoms with van der Waals surface area (Å²) in [6, 6.07) is 3.97. The van der Waals surface area contributed by atoms with Crippen LogP contribution in [0, 0.1) is 6.92 Å². The maximum atomic E-state index is 9.80. The number of methoxy groups -OCH3 is 1. The third-order valence-corrected chi connectivity index (χ3v) is 3.49. The van der Waals surface area contributed by atoms with Crippen molar-refractivity contribution in [2.24, 2.45) is 0 Å². The number of ether oxygens (including phenoxy) is 1. The zero-order valence-corrected chi connectivity index (χ0v) is 10.1. The molecule has 3 nitrogen and oxygen atoms in total. The standard InChI is InChI=1S/C13H19NO2/c1-9-7-10(8-11(16-3)12(9)15)13(2)5-4-6-14-13/h7-8,14-15H,4-6H2,1-3H3. The van der Waals surface area contributed by atoms with Crippen LogP contribution in [0.1, 0.15) is 30.9 Å². The van der Waals surface area contributed by atoms with Gasteiger partial charge in [-0.3, -0.25) is 0 Å². The molecule has 1 unspecified atom stereocenters. The molecule has 1 atom stereocenters. The fourth-order valence-electron chi connectivity index (χ4n) is 2.36. The first-order chi connectivity index (χ1) is 7.57. The Labute approximate surface area is 96.4 Å². The van der Waals surface area contributed by atoms with Gasteiger partial charge < -0.3 is 15.2 Å². The Kier molecular flexibility index (Phi) is 2.80. The van der Waals surface area contributed by atoms with E-state index in [0.717, 1.165) is 18.5 Å². The molecule has 0 saturated carbocycles. The lowest BCUT2D eigenvalue weighted by molar-refractivity contribution is 0.366. The monoisotopic (exact) mass is 221 g/mol. The molecule has 0 radical (unpaired) electrons. The van der Waals surface area contributed by atoms with Crippen LogP contribution < -0.4 is 10.1 Å². The summed E-state index contributed by atoms with van der Waals surface area (Å²) in [6.07, 6.45) is 2.32. The second-order valence-corrected chi connectivity index (χ2v) is 4.71. The van der Waals surface area contributed by atoms with E-state index in [9.17, 15) is 5.11 Å². The molecule has 0 aliphatic carbocycles. The molecule has 88 valence electrons. The number of hydrogen-bond acceptors (Lipinski definition) is 3. The molecule has 1 aromatic carbocycles. The van der Waals surface area contributed by atoms with E-state index in [2.05, 4.69) is 12.2 Å². The fraction of sp³-hybridized carbons (Fsp3) is 0.538. The molecule has 1 fully saturated rings. The Bertz CT molecular complexity index is 395. The van der Waals surface area contributed by atoms with Crippen molar-refractivity contribution in [3.05, 3.63) is 23.3 Å². The maximum Gasteiger partial charge on any atom is 0.161 e. The Morgan fingerprint density at radius 3 is 2.75 bits per heavy atom. The van der Waals surface area contributed by atoms with Gasteiger partial charge in [0.2, 0.25) is 0 Å². The summed E-state index contributed by atoms with van der Waals surface area (Å²) in [5.41, 5.74) is 2.08. The summed E-state index contributed by atoms with van der Waals surface area (Å²) in [4.78, 5) is 0. The number of phenols is 1. The number of phenolic OH excluding ortho intramolecular Hbond substituents is 1. The van der Waals surface area contributed by atoms with Crippen LogP contribution in [0.5, 0.6) is 11.5 Å². The maximum absolute atomic E-state index is 9.80. The predicted octanol–water partition coefficient (Wildman–Crippen LogP) is 2.31. The molecule has 1 aliphatic rings. The molecule has 0 bridgehead atoms. The van der Waals surface area contributed by atoms with Crippen molar-refractivity contribution in [2.45, 2.75) is 32.2 Å². The summed E-state index contributed by atoms with van der Waals surface area (Å²) in [5, 5.41) is 13.3. The van der Waals surface area contributed by atoms with Crippen molar-refractivity contribution in [1.82, 2.24) is 5.32 Å². The molecule has 16 heavy (non-hydrogen) atoms. The molecule has 0 aromatic heterocycles. The van der Waals surface area contributed by atoms with Gasteiger partial charge in [0.1, 0.15) is 0 Å². The highest BCUT2D eigenvalue weighted by Gasteiger charge is 2.31. The average molecular weight is 221 g/mol.